The Kier molecular flexibility index (Phi) is 4.14. The molecule has 0 aromatic heterocycles. The highest BCUT2D eigenvalue weighted by Crippen LogP contribution is 2.25. The predicted octanol–water partition coefficient (Wildman–Crippen LogP) is 1.74. The lowest BCUT2D eigenvalue weighted by Gasteiger charge is -2.12. The van der Waals surface area contributed by atoms with E-state index in [1.54, 1.807) is 12.1 Å². The fourth-order valence-corrected chi connectivity index (χ4v) is 2.40. The van der Waals surface area contributed by atoms with Crippen LogP contribution in [0.2, 0.25) is 0 Å². The number of amides is 1. The van der Waals surface area contributed by atoms with Crippen molar-refractivity contribution in [2.45, 2.75) is 31.7 Å². The fourth-order valence-electron chi connectivity index (χ4n) is 2.40. The quantitative estimate of drug-likeness (QED) is 0.871. The Hall–Kier alpha value is -1.91. The summed E-state index contributed by atoms with van der Waals surface area (Å²) in [6.07, 6.45) is 1.99. The average Bonchev–Trinajstić information content (AvgIpc) is 2.80. The second kappa shape index (κ2) is 5.82. The highest BCUT2D eigenvalue weighted by molar-refractivity contribution is 5.79. The number of carboxylic acids is 1. The van der Waals surface area contributed by atoms with Crippen molar-refractivity contribution in [1.29, 1.82) is 0 Å². The third kappa shape index (κ3) is 3.77. The summed E-state index contributed by atoms with van der Waals surface area (Å²) in [7, 11) is 0. The molecule has 4 nitrogen and oxygen atoms in total. The summed E-state index contributed by atoms with van der Waals surface area (Å²) in [4.78, 5) is 22.6. The van der Waals surface area contributed by atoms with E-state index in [1.807, 2.05) is 0 Å². The average molecular weight is 265 g/mol. The molecule has 1 saturated carbocycles. The lowest BCUT2D eigenvalue weighted by Crippen LogP contribution is -2.34. The van der Waals surface area contributed by atoms with Gasteiger partial charge < -0.3 is 10.4 Å². The molecule has 1 amide bonds. The van der Waals surface area contributed by atoms with E-state index in [4.69, 9.17) is 5.11 Å². The zero-order chi connectivity index (χ0) is 13.8. The molecular formula is C14H16FNO3. The smallest absolute Gasteiger partial charge is 0.306 e. The van der Waals surface area contributed by atoms with Gasteiger partial charge in [-0.2, -0.15) is 0 Å². The van der Waals surface area contributed by atoms with Crippen LogP contribution >= 0.6 is 0 Å². The van der Waals surface area contributed by atoms with E-state index in [-0.39, 0.29) is 30.1 Å². The van der Waals surface area contributed by atoms with E-state index in [0.717, 1.165) is 5.56 Å². The van der Waals surface area contributed by atoms with Crippen LogP contribution in [-0.2, 0) is 16.0 Å². The fraction of sp³-hybridized carbons (Fsp3) is 0.429. The first-order chi connectivity index (χ1) is 9.04. The van der Waals surface area contributed by atoms with Crippen molar-refractivity contribution in [2.24, 2.45) is 5.92 Å². The summed E-state index contributed by atoms with van der Waals surface area (Å²) in [5.74, 6) is -1.63. The van der Waals surface area contributed by atoms with Gasteiger partial charge in [0.05, 0.1) is 12.3 Å². The van der Waals surface area contributed by atoms with Gasteiger partial charge in [0.2, 0.25) is 5.91 Å². The zero-order valence-corrected chi connectivity index (χ0v) is 10.4. The molecule has 0 unspecified atom stereocenters. The van der Waals surface area contributed by atoms with Crippen molar-refractivity contribution in [3.8, 4) is 0 Å². The van der Waals surface area contributed by atoms with Gasteiger partial charge >= 0.3 is 5.97 Å². The van der Waals surface area contributed by atoms with Crippen molar-refractivity contribution < 1.29 is 19.1 Å². The molecule has 1 aromatic carbocycles. The Balaban J connectivity index is 1.82. The van der Waals surface area contributed by atoms with E-state index in [9.17, 15) is 14.0 Å². The van der Waals surface area contributed by atoms with Gasteiger partial charge in [0.15, 0.2) is 0 Å². The maximum absolute atomic E-state index is 12.7. The third-order valence-electron chi connectivity index (χ3n) is 3.42. The first-order valence-electron chi connectivity index (χ1n) is 6.31. The van der Waals surface area contributed by atoms with Gasteiger partial charge in [0.25, 0.3) is 0 Å². The van der Waals surface area contributed by atoms with Crippen LogP contribution in [0, 0.1) is 11.7 Å². The highest BCUT2D eigenvalue weighted by atomic mass is 19.1. The number of hydrogen-bond acceptors (Lipinski definition) is 2. The van der Waals surface area contributed by atoms with Crippen LogP contribution < -0.4 is 5.32 Å². The zero-order valence-electron chi connectivity index (χ0n) is 10.4. The molecule has 0 aliphatic heterocycles. The Morgan fingerprint density at radius 3 is 2.53 bits per heavy atom. The van der Waals surface area contributed by atoms with Crippen molar-refractivity contribution in [3.63, 3.8) is 0 Å². The van der Waals surface area contributed by atoms with E-state index >= 15 is 0 Å². The second-order valence-corrected chi connectivity index (χ2v) is 4.92. The topological polar surface area (TPSA) is 66.4 Å². The summed E-state index contributed by atoms with van der Waals surface area (Å²) >= 11 is 0. The summed E-state index contributed by atoms with van der Waals surface area (Å²) < 4.78 is 12.7. The molecule has 1 fully saturated rings. The Labute approximate surface area is 110 Å². The summed E-state index contributed by atoms with van der Waals surface area (Å²) in [5, 5.41) is 11.7. The molecule has 0 heterocycles. The van der Waals surface area contributed by atoms with Crippen LogP contribution in [0.3, 0.4) is 0 Å². The number of aliphatic carboxylic acids is 1. The molecule has 19 heavy (non-hydrogen) atoms. The molecule has 1 aromatic rings. The number of hydrogen-bond donors (Lipinski definition) is 2. The van der Waals surface area contributed by atoms with Gasteiger partial charge in [-0.15, -0.1) is 0 Å². The monoisotopic (exact) mass is 265 g/mol. The largest absolute Gasteiger partial charge is 0.481 e. The number of halogens is 1. The van der Waals surface area contributed by atoms with Crippen molar-refractivity contribution >= 4 is 11.9 Å². The van der Waals surface area contributed by atoms with Gasteiger partial charge in [0.1, 0.15) is 5.82 Å². The molecule has 2 N–H and O–H groups in total. The van der Waals surface area contributed by atoms with Crippen LogP contribution in [0.25, 0.3) is 0 Å². The van der Waals surface area contributed by atoms with Crippen molar-refractivity contribution in [2.75, 3.05) is 0 Å². The predicted molar refractivity (Wildman–Crippen MR) is 67.0 cm³/mol. The molecule has 0 bridgehead atoms. The maximum atomic E-state index is 12.7. The van der Waals surface area contributed by atoms with Crippen molar-refractivity contribution in [1.82, 2.24) is 5.32 Å². The summed E-state index contributed by atoms with van der Waals surface area (Å²) in [6, 6.07) is 5.72. The van der Waals surface area contributed by atoms with E-state index in [2.05, 4.69) is 5.32 Å². The molecule has 1 aliphatic carbocycles. The Morgan fingerprint density at radius 2 is 1.95 bits per heavy atom. The lowest BCUT2D eigenvalue weighted by molar-refractivity contribution is -0.141. The molecule has 0 spiro atoms. The first kappa shape index (κ1) is 13.5. The molecule has 2 rings (SSSR count). The summed E-state index contributed by atoms with van der Waals surface area (Å²) in [5.41, 5.74) is 0.742. The number of rotatable bonds is 4. The molecule has 1 aliphatic rings. The van der Waals surface area contributed by atoms with Gasteiger partial charge in [-0.25, -0.2) is 4.39 Å². The van der Waals surface area contributed by atoms with Crippen LogP contribution in [-0.4, -0.2) is 23.0 Å². The third-order valence-corrected chi connectivity index (χ3v) is 3.42. The molecular weight excluding hydrogens is 249 g/mol. The standard InChI is InChI=1S/C14H16FNO3/c15-11-4-1-9(2-5-11)7-13(17)16-12-6-3-10(8-12)14(18)19/h1-2,4-5,10,12H,3,6-8H2,(H,16,17)(H,18,19)/t10-,12+/m0/s1. The van der Waals surface area contributed by atoms with Gasteiger partial charge in [-0.05, 0) is 37.0 Å². The maximum Gasteiger partial charge on any atom is 0.306 e. The molecule has 0 saturated heterocycles. The van der Waals surface area contributed by atoms with Gasteiger partial charge in [-0.1, -0.05) is 12.1 Å². The molecule has 0 radical (unpaired) electrons. The highest BCUT2D eigenvalue weighted by Gasteiger charge is 2.30. The minimum Gasteiger partial charge on any atom is -0.481 e. The van der Waals surface area contributed by atoms with Crippen LogP contribution in [0.4, 0.5) is 4.39 Å². The van der Waals surface area contributed by atoms with Crippen LogP contribution in [0.5, 0.6) is 0 Å². The minimum atomic E-state index is -0.796. The van der Waals surface area contributed by atoms with E-state index in [1.165, 1.54) is 12.1 Å². The minimum absolute atomic E-state index is 0.0611. The number of carboxylic acid groups (broad SMARTS) is 1. The normalized spacial score (nSPS) is 22.2. The Bertz CT molecular complexity index is 472. The van der Waals surface area contributed by atoms with Crippen LogP contribution in [0.1, 0.15) is 24.8 Å². The molecule has 102 valence electrons. The Morgan fingerprint density at radius 1 is 1.26 bits per heavy atom. The van der Waals surface area contributed by atoms with Crippen LogP contribution in [0.15, 0.2) is 24.3 Å². The van der Waals surface area contributed by atoms with E-state index in [0.29, 0.717) is 19.3 Å². The van der Waals surface area contributed by atoms with Gasteiger partial charge in [-0.3, -0.25) is 9.59 Å². The number of nitrogens with one attached hydrogen (secondary N) is 1. The van der Waals surface area contributed by atoms with Gasteiger partial charge in [0, 0.05) is 6.04 Å². The number of carbonyl (C=O) groups is 2. The first-order valence-corrected chi connectivity index (χ1v) is 6.31. The number of carbonyl (C=O) groups excluding carboxylic acids is 1. The van der Waals surface area contributed by atoms with Crippen molar-refractivity contribution in [3.05, 3.63) is 35.6 Å². The number of benzene rings is 1. The summed E-state index contributed by atoms with van der Waals surface area (Å²) in [6.45, 7) is 0. The molecule has 2 atom stereocenters. The second-order valence-electron chi connectivity index (χ2n) is 4.92. The lowest BCUT2D eigenvalue weighted by atomic mass is 10.1. The SMILES string of the molecule is O=C(Cc1ccc(F)cc1)N[C@@H]1CC[C@H](C(=O)O)C1. The molecule has 5 heteroatoms. The van der Waals surface area contributed by atoms with E-state index < -0.39 is 5.97 Å².